The van der Waals surface area contributed by atoms with Crippen molar-refractivity contribution < 1.29 is 9.90 Å². The summed E-state index contributed by atoms with van der Waals surface area (Å²) in [4.78, 5) is 11.0. The smallest absolute Gasteiger partial charge is 0.153 e. The minimum absolute atomic E-state index is 0.112. The summed E-state index contributed by atoms with van der Waals surface area (Å²) < 4.78 is 0. The number of benzene rings is 2. The quantitative estimate of drug-likeness (QED) is 0.835. The zero-order valence-corrected chi connectivity index (χ0v) is 11.3. The van der Waals surface area contributed by atoms with E-state index in [0.717, 1.165) is 23.1 Å². The summed E-state index contributed by atoms with van der Waals surface area (Å²) in [6, 6.07) is 13.6. The van der Waals surface area contributed by atoms with Crippen LogP contribution in [-0.4, -0.2) is 11.4 Å². The molecule has 2 heteroatoms. The maximum Gasteiger partial charge on any atom is 0.153 e. The number of phenolic OH excluding ortho intramolecular Hbond substituents is 1. The van der Waals surface area contributed by atoms with Crippen molar-refractivity contribution in [1.29, 1.82) is 0 Å². The molecule has 2 rings (SSSR count). The molecule has 0 aliphatic rings. The lowest BCUT2D eigenvalue weighted by Crippen LogP contribution is -2.04. The van der Waals surface area contributed by atoms with Gasteiger partial charge in [0.25, 0.3) is 0 Å². The van der Waals surface area contributed by atoms with Gasteiger partial charge in [0.1, 0.15) is 5.75 Å². The molecule has 0 fully saturated rings. The fourth-order valence-electron chi connectivity index (χ4n) is 2.55. The highest BCUT2D eigenvalue weighted by molar-refractivity contribution is 5.80. The Balaban J connectivity index is 2.59. The summed E-state index contributed by atoms with van der Waals surface area (Å²) in [5.41, 5.74) is 3.39. The van der Waals surface area contributed by atoms with Crippen molar-refractivity contribution in [2.75, 3.05) is 0 Å². The average Bonchev–Trinajstić information content (AvgIpc) is 2.44. The second-order valence-corrected chi connectivity index (χ2v) is 4.72. The fraction of sp³-hybridized carbons (Fsp3) is 0.235. The highest BCUT2D eigenvalue weighted by Crippen LogP contribution is 2.37. The monoisotopic (exact) mass is 254 g/mol. The molecule has 0 amide bonds. The molecular formula is C17H18O2. The van der Waals surface area contributed by atoms with E-state index in [4.69, 9.17) is 0 Å². The van der Waals surface area contributed by atoms with Crippen LogP contribution in [0, 0.1) is 6.92 Å². The molecule has 1 N–H and O–H groups in total. The molecule has 0 bridgehead atoms. The molecule has 2 aromatic rings. The van der Waals surface area contributed by atoms with E-state index >= 15 is 0 Å². The second-order valence-electron chi connectivity index (χ2n) is 4.72. The number of phenols is 1. The van der Waals surface area contributed by atoms with Gasteiger partial charge in [0.15, 0.2) is 6.29 Å². The Morgan fingerprint density at radius 1 is 1.16 bits per heavy atom. The average molecular weight is 254 g/mol. The van der Waals surface area contributed by atoms with Crippen LogP contribution in [-0.2, 0) is 0 Å². The first-order valence-electron chi connectivity index (χ1n) is 6.51. The van der Waals surface area contributed by atoms with Gasteiger partial charge in [-0.2, -0.15) is 0 Å². The zero-order valence-electron chi connectivity index (χ0n) is 11.3. The third-order valence-corrected chi connectivity index (χ3v) is 3.55. The summed E-state index contributed by atoms with van der Waals surface area (Å²) in [7, 11) is 0. The van der Waals surface area contributed by atoms with Crippen molar-refractivity contribution in [1.82, 2.24) is 0 Å². The highest BCUT2D eigenvalue weighted by Gasteiger charge is 2.20. The van der Waals surface area contributed by atoms with Gasteiger partial charge in [-0.3, -0.25) is 4.79 Å². The summed E-state index contributed by atoms with van der Waals surface area (Å²) in [6.45, 7) is 4.05. The van der Waals surface area contributed by atoms with Gasteiger partial charge in [-0.25, -0.2) is 0 Å². The van der Waals surface area contributed by atoms with Crippen LogP contribution in [0.15, 0.2) is 42.5 Å². The van der Waals surface area contributed by atoms with Gasteiger partial charge in [0, 0.05) is 11.5 Å². The minimum Gasteiger partial charge on any atom is -0.507 e. The first kappa shape index (κ1) is 13.3. The van der Waals surface area contributed by atoms with Crippen LogP contribution >= 0.6 is 0 Å². The molecule has 0 radical (unpaired) electrons. The van der Waals surface area contributed by atoms with E-state index in [1.165, 1.54) is 0 Å². The summed E-state index contributed by atoms with van der Waals surface area (Å²) >= 11 is 0. The van der Waals surface area contributed by atoms with E-state index in [9.17, 15) is 9.90 Å². The van der Waals surface area contributed by atoms with Crippen LogP contribution in [0.2, 0.25) is 0 Å². The van der Waals surface area contributed by atoms with Gasteiger partial charge >= 0.3 is 0 Å². The lowest BCUT2D eigenvalue weighted by molar-refractivity contribution is 0.112. The number of rotatable bonds is 4. The van der Waals surface area contributed by atoms with Crippen molar-refractivity contribution in [2.45, 2.75) is 26.2 Å². The van der Waals surface area contributed by atoms with Crippen molar-refractivity contribution in [3.63, 3.8) is 0 Å². The number of carbonyl (C=O) groups is 1. The van der Waals surface area contributed by atoms with Gasteiger partial charge in [0.2, 0.25) is 0 Å². The van der Waals surface area contributed by atoms with Crippen LogP contribution in [0.3, 0.4) is 0 Å². The maximum absolute atomic E-state index is 11.0. The van der Waals surface area contributed by atoms with Gasteiger partial charge < -0.3 is 5.11 Å². The summed E-state index contributed by atoms with van der Waals surface area (Å²) in [5, 5.41) is 10.3. The lowest BCUT2D eigenvalue weighted by Gasteiger charge is -2.20. The van der Waals surface area contributed by atoms with Gasteiger partial charge in [-0.1, -0.05) is 43.3 Å². The molecule has 0 heterocycles. The van der Waals surface area contributed by atoms with Crippen LogP contribution in [0.1, 0.15) is 46.3 Å². The molecule has 0 aromatic heterocycles. The largest absolute Gasteiger partial charge is 0.507 e. The molecule has 19 heavy (non-hydrogen) atoms. The minimum atomic E-state index is 0.112. The van der Waals surface area contributed by atoms with Crippen LogP contribution in [0.25, 0.3) is 0 Å². The first-order chi connectivity index (χ1) is 9.19. The third kappa shape index (κ3) is 2.53. The molecule has 2 nitrogen and oxygen atoms in total. The van der Waals surface area contributed by atoms with Crippen molar-refractivity contribution in [3.05, 3.63) is 64.7 Å². The van der Waals surface area contributed by atoms with Crippen LogP contribution < -0.4 is 0 Å². The molecular weight excluding hydrogens is 236 g/mol. The number of aromatic hydroxyl groups is 1. The highest BCUT2D eigenvalue weighted by atomic mass is 16.3. The SMILES string of the molecule is CC[C@H](c1ccccc1)c1c(C)ccc(C=O)c1O. The van der Waals surface area contributed by atoms with E-state index in [1.807, 2.05) is 31.2 Å². The lowest BCUT2D eigenvalue weighted by atomic mass is 9.85. The molecule has 0 saturated heterocycles. The first-order valence-corrected chi connectivity index (χ1v) is 6.51. The van der Waals surface area contributed by atoms with Gasteiger partial charge in [-0.05, 0) is 30.5 Å². The summed E-state index contributed by atoms with van der Waals surface area (Å²) in [5.74, 6) is 0.229. The standard InChI is InChI=1S/C17H18O2/c1-3-15(13-7-5-4-6-8-13)16-12(2)9-10-14(11-18)17(16)19/h4-11,15,19H,3H2,1-2H3/t15-/m1/s1. The topological polar surface area (TPSA) is 37.3 Å². The number of aryl methyl sites for hydroxylation is 1. The molecule has 1 atom stereocenters. The van der Waals surface area contributed by atoms with E-state index in [0.29, 0.717) is 11.8 Å². The van der Waals surface area contributed by atoms with Crippen molar-refractivity contribution >= 4 is 6.29 Å². The Morgan fingerprint density at radius 2 is 1.84 bits per heavy atom. The maximum atomic E-state index is 11.0. The molecule has 0 aliphatic carbocycles. The Hall–Kier alpha value is -2.09. The van der Waals surface area contributed by atoms with E-state index < -0.39 is 0 Å². The Labute approximate surface area is 113 Å². The Bertz CT molecular complexity index is 573. The summed E-state index contributed by atoms with van der Waals surface area (Å²) in [6.07, 6.45) is 1.58. The van der Waals surface area contributed by atoms with Crippen molar-refractivity contribution in [3.8, 4) is 5.75 Å². The fourth-order valence-corrected chi connectivity index (χ4v) is 2.55. The normalized spacial score (nSPS) is 12.1. The molecule has 0 aliphatic heterocycles. The van der Waals surface area contributed by atoms with Crippen molar-refractivity contribution in [2.24, 2.45) is 0 Å². The van der Waals surface area contributed by atoms with E-state index in [1.54, 1.807) is 6.07 Å². The third-order valence-electron chi connectivity index (χ3n) is 3.55. The number of hydrogen-bond donors (Lipinski definition) is 1. The number of hydrogen-bond acceptors (Lipinski definition) is 2. The van der Waals surface area contributed by atoms with E-state index in [2.05, 4.69) is 19.1 Å². The number of aldehydes is 1. The zero-order chi connectivity index (χ0) is 13.8. The van der Waals surface area contributed by atoms with Gasteiger partial charge in [0.05, 0.1) is 5.56 Å². The van der Waals surface area contributed by atoms with Crippen LogP contribution in [0.4, 0.5) is 0 Å². The van der Waals surface area contributed by atoms with Crippen LogP contribution in [0.5, 0.6) is 5.75 Å². The Kier molecular flexibility index (Phi) is 4.00. The predicted octanol–water partition coefficient (Wildman–Crippen LogP) is 4.06. The molecule has 0 saturated carbocycles. The molecule has 98 valence electrons. The molecule has 0 spiro atoms. The Morgan fingerprint density at radius 3 is 2.42 bits per heavy atom. The molecule has 2 aromatic carbocycles. The molecule has 0 unspecified atom stereocenters. The van der Waals surface area contributed by atoms with E-state index in [-0.39, 0.29) is 11.7 Å². The van der Waals surface area contributed by atoms with Gasteiger partial charge in [-0.15, -0.1) is 0 Å². The predicted molar refractivity (Wildman–Crippen MR) is 76.8 cm³/mol. The number of carbonyl (C=O) groups excluding carboxylic acids is 1. The second kappa shape index (κ2) is 5.70.